The summed E-state index contributed by atoms with van der Waals surface area (Å²) >= 11 is 1.79. The van der Waals surface area contributed by atoms with Crippen molar-refractivity contribution in [2.45, 2.75) is 124 Å². The molecule has 5 aliphatic rings. The minimum Gasteiger partial charge on any atom is -0.361 e. The van der Waals surface area contributed by atoms with E-state index >= 15 is 0 Å². The van der Waals surface area contributed by atoms with Crippen molar-refractivity contribution >= 4 is 17.1 Å². The lowest BCUT2D eigenvalue weighted by atomic mass is 9.31. The second-order valence-corrected chi connectivity index (χ2v) is 17.7. The Morgan fingerprint density at radius 3 is 2.38 bits per heavy atom. The van der Waals surface area contributed by atoms with Crippen molar-refractivity contribution < 1.29 is 9.32 Å². The molecule has 0 N–H and O–H groups in total. The van der Waals surface area contributed by atoms with Gasteiger partial charge in [0, 0.05) is 28.7 Å². The summed E-state index contributed by atoms with van der Waals surface area (Å²) in [6.45, 7) is 19.3. The fourth-order valence-corrected chi connectivity index (χ4v) is 12.9. The molecule has 39 heavy (non-hydrogen) atoms. The molecule has 0 unspecified atom stereocenters. The van der Waals surface area contributed by atoms with E-state index in [0.29, 0.717) is 23.5 Å². The summed E-state index contributed by atoms with van der Waals surface area (Å²) in [6, 6.07) is 0. The van der Waals surface area contributed by atoms with Crippen molar-refractivity contribution in [3.8, 4) is 0 Å². The smallest absolute Gasteiger partial charge is 0.145 e. The molecule has 2 aromatic rings. The number of carbonyl (C=O) groups is 1. The largest absolute Gasteiger partial charge is 0.361 e. The van der Waals surface area contributed by atoms with Gasteiger partial charge in [-0.25, -0.2) is 0 Å². The average molecular weight is 550 g/mol. The topological polar surface area (TPSA) is 68.9 Å². The van der Waals surface area contributed by atoms with Crippen molar-refractivity contribution in [2.75, 3.05) is 0 Å². The SMILES string of the molecule is Cc1nnc([C@]23CCC(C)(C)C[C@H]2[C@H]2C(=O)C[C@@H]4[C@@]5(C)Cc6cnoc6C(C)(C)[C@@H]5CC[C@@]4(C)[C@]2(C)CC3)s1. The van der Waals surface area contributed by atoms with Gasteiger partial charge in [0.1, 0.15) is 21.6 Å². The number of hydrogen-bond acceptors (Lipinski definition) is 6. The quantitative estimate of drug-likeness (QED) is 0.362. The number of nitrogens with zero attached hydrogens (tertiary/aromatic N) is 3. The zero-order chi connectivity index (χ0) is 27.8. The van der Waals surface area contributed by atoms with Crippen LogP contribution in [0.15, 0.2) is 10.7 Å². The second kappa shape index (κ2) is 7.83. The van der Waals surface area contributed by atoms with Gasteiger partial charge in [-0.2, -0.15) is 0 Å². The summed E-state index contributed by atoms with van der Waals surface area (Å²) in [4.78, 5) is 14.8. The highest BCUT2D eigenvalue weighted by molar-refractivity contribution is 7.11. The van der Waals surface area contributed by atoms with Crippen LogP contribution in [0.5, 0.6) is 0 Å². The number of carbonyl (C=O) groups excluding carboxylic acids is 1. The van der Waals surface area contributed by atoms with Crippen LogP contribution >= 0.6 is 11.3 Å². The Kier molecular flexibility index (Phi) is 5.29. The Balaban J connectivity index is 1.34. The lowest BCUT2D eigenvalue weighted by molar-refractivity contribution is -0.220. The van der Waals surface area contributed by atoms with Crippen LogP contribution in [0.2, 0.25) is 0 Å². The zero-order valence-corrected chi connectivity index (χ0v) is 26.1. The predicted octanol–water partition coefficient (Wildman–Crippen LogP) is 7.86. The number of aromatic nitrogens is 3. The first kappa shape index (κ1) is 26.3. The molecule has 2 aromatic heterocycles. The first-order chi connectivity index (χ1) is 18.2. The van der Waals surface area contributed by atoms with Crippen molar-refractivity contribution in [1.82, 2.24) is 15.4 Å². The van der Waals surface area contributed by atoms with Crippen LogP contribution in [0.3, 0.4) is 0 Å². The number of rotatable bonds is 1. The molecule has 0 saturated heterocycles. The molecule has 0 bridgehead atoms. The Morgan fingerprint density at radius 1 is 0.923 bits per heavy atom. The minimum absolute atomic E-state index is 0.00135. The normalized spacial score (nSPS) is 45.9. The van der Waals surface area contributed by atoms with Gasteiger partial charge in [-0.1, -0.05) is 53.6 Å². The molecule has 5 nitrogen and oxygen atoms in total. The molecule has 0 spiro atoms. The van der Waals surface area contributed by atoms with E-state index in [1.165, 1.54) is 29.8 Å². The monoisotopic (exact) mass is 549 g/mol. The molecule has 6 heteroatoms. The van der Waals surface area contributed by atoms with Gasteiger partial charge in [0.05, 0.1) is 6.20 Å². The second-order valence-electron chi connectivity index (χ2n) is 16.5. The van der Waals surface area contributed by atoms with Crippen LogP contribution in [0.25, 0.3) is 0 Å². The fraction of sp³-hybridized carbons (Fsp3) is 0.818. The van der Waals surface area contributed by atoms with Crippen LogP contribution in [0.1, 0.15) is 121 Å². The summed E-state index contributed by atoms with van der Waals surface area (Å²) in [5.41, 5.74) is 1.67. The van der Waals surface area contributed by atoms with Gasteiger partial charge in [-0.05, 0) is 97.7 Å². The molecular weight excluding hydrogens is 502 g/mol. The fourth-order valence-electron chi connectivity index (χ4n) is 11.9. The molecule has 0 aliphatic heterocycles. The standard InChI is InChI=1S/C33H47N3O2S/c1-19-35-36-27(39-19)33-13-11-28(2,3)17-21(33)25-22(37)15-24-30(6)16-20-18-34-38-26(20)29(4,5)23(30)9-10-31(24,7)32(25,8)12-14-33/h18,21,23-25H,9-17H2,1-8H3/t21-,23-,24+,25-,30-,31+,32+,33-/m0/s1. The predicted molar refractivity (Wildman–Crippen MR) is 154 cm³/mol. The van der Waals surface area contributed by atoms with E-state index in [4.69, 9.17) is 9.62 Å². The molecule has 5 aliphatic carbocycles. The average Bonchev–Trinajstić information content (AvgIpc) is 3.50. The van der Waals surface area contributed by atoms with Gasteiger partial charge in [-0.3, -0.25) is 4.79 Å². The van der Waals surface area contributed by atoms with E-state index in [1.807, 2.05) is 6.20 Å². The van der Waals surface area contributed by atoms with Crippen molar-refractivity contribution in [1.29, 1.82) is 0 Å². The number of ketones is 1. The Labute approximate surface area is 238 Å². The third kappa shape index (κ3) is 3.19. The Bertz CT molecular complexity index is 1340. The number of fused-ring (bicyclic) bond motifs is 8. The highest BCUT2D eigenvalue weighted by Gasteiger charge is 2.72. The van der Waals surface area contributed by atoms with E-state index in [2.05, 4.69) is 65.6 Å². The van der Waals surface area contributed by atoms with Gasteiger partial charge in [0.2, 0.25) is 0 Å². The summed E-state index contributed by atoms with van der Waals surface area (Å²) in [5, 5.41) is 15.8. The maximum absolute atomic E-state index is 14.8. The van der Waals surface area contributed by atoms with E-state index in [1.54, 1.807) is 11.3 Å². The highest BCUT2D eigenvalue weighted by Crippen LogP contribution is 2.76. The van der Waals surface area contributed by atoms with Crippen LogP contribution in [0.4, 0.5) is 0 Å². The molecular formula is C33H47N3O2S. The third-order valence-corrected chi connectivity index (χ3v) is 15.0. The lowest BCUT2D eigenvalue weighted by Gasteiger charge is -2.72. The van der Waals surface area contributed by atoms with Crippen LogP contribution in [0, 0.1) is 52.3 Å². The van der Waals surface area contributed by atoms with Crippen molar-refractivity contribution in [3.05, 3.63) is 27.5 Å². The molecule has 212 valence electrons. The summed E-state index contributed by atoms with van der Waals surface area (Å²) in [5.74, 6) is 2.97. The zero-order valence-electron chi connectivity index (χ0n) is 25.3. The summed E-state index contributed by atoms with van der Waals surface area (Å²) < 4.78 is 5.86. The summed E-state index contributed by atoms with van der Waals surface area (Å²) in [7, 11) is 0. The molecule has 0 amide bonds. The highest BCUT2D eigenvalue weighted by atomic mass is 32.1. The van der Waals surface area contributed by atoms with Crippen LogP contribution in [-0.2, 0) is 22.0 Å². The first-order valence-corrected chi connectivity index (χ1v) is 16.3. The molecule has 0 radical (unpaired) electrons. The third-order valence-electron chi connectivity index (χ3n) is 13.9. The van der Waals surface area contributed by atoms with E-state index in [-0.39, 0.29) is 38.4 Å². The van der Waals surface area contributed by atoms with Gasteiger partial charge < -0.3 is 4.52 Å². The minimum atomic E-state index is -0.0637. The first-order valence-electron chi connectivity index (χ1n) is 15.5. The van der Waals surface area contributed by atoms with Crippen molar-refractivity contribution in [3.63, 3.8) is 0 Å². The number of Topliss-reactive ketones (excluding diaryl/α,β-unsaturated/α-hetero) is 1. The van der Waals surface area contributed by atoms with Gasteiger partial charge in [-0.15, -0.1) is 21.5 Å². The van der Waals surface area contributed by atoms with Crippen LogP contribution < -0.4 is 0 Å². The number of aryl methyl sites for hydroxylation is 1. The number of hydrogen-bond donors (Lipinski definition) is 0. The van der Waals surface area contributed by atoms with E-state index in [0.717, 1.165) is 49.3 Å². The Morgan fingerprint density at radius 2 is 1.67 bits per heavy atom. The summed E-state index contributed by atoms with van der Waals surface area (Å²) in [6.07, 6.45) is 11.8. The van der Waals surface area contributed by atoms with Gasteiger partial charge in [0.25, 0.3) is 0 Å². The maximum atomic E-state index is 14.8. The molecule has 4 saturated carbocycles. The van der Waals surface area contributed by atoms with Gasteiger partial charge >= 0.3 is 0 Å². The molecule has 8 atom stereocenters. The van der Waals surface area contributed by atoms with E-state index in [9.17, 15) is 4.79 Å². The molecule has 2 heterocycles. The van der Waals surface area contributed by atoms with Crippen molar-refractivity contribution in [2.24, 2.45) is 45.3 Å². The lowest BCUT2D eigenvalue weighted by Crippen LogP contribution is -2.69. The van der Waals surface area contributed by atoms with Crippen LogP contribution in [-0.4, -0.2) is 21.1 Å². The molecule has 0 aromatic carbocycles. The van der Waals surface area contributed by atoms with E-state index < -0.39 is 0 Å². The maximum Gasteiger partial charge on any atom is 0.145 e. The Hall–Kier alpha value is -1.56. The van der Waals surface area contributed by atoms with Gasteiger partial charge in [0.15, 0.2) is 0 Å². The molecule has 7 rings (SSSR count). The molecule has 4 fully saturated rings.